The normalized spacial score (nSPS) is 16.7. The first-order valence-electron chi connectivity index (χ1n) is 6.51. The molecule has 5 nitrogen and oxygen atoms in total. The average molecular weight is 284 g/mol. The minimum atomic E-state index is 0.226. The summed E-state index contributed by atoms with van der Waals surface area (Å²) < 4.78 is 5.62. The molecule has 0 bridgehead atoms. The summed E-state index contributed by atoms with van der Waals surface area (Å²) in [4.78, 5) is 21.6. The maximum atomic E-state index is 11.2. The van der Waals surface area contributed by atoms with Gasteiger partial charge in [-0.2, -0.15) is 0 Å². The Morgan fingerprint density at radius 3 is 2.68 bits per heavy atom. The van der Waals surface area contributed by atoms with Crippen molar-refractivity contribution in [2.45, 2.75) is 32.8 Å². The lowest BCUT2D eigenvalue weighted by molar-refractivity contribution is 0.0458. The highest BCUT2D eigenvalue weighted by Gasteiger charge is 2.23. The number of ether oxygens (including phenoxy) is 1. The van der Waals surface area contributed by atoms with Gasteiger partial charge in [0.25, 0.3) is 0 Å². The van der Waals surface area contributed by atoms with Crippen LogP contribution >= 0.6 is 11.6 Å². The van der Waals surface area contributed by atoms with E-state index in [1.54, 1.807) is 6.92 Å². The molecule has 104 valence electrons. The van der Waals surface area contributed by atoms with Gasteiger partial charge < -0.3 is 9.64 Å². The molecule has 1 aromatic heterocycles. The number of aromatic nitrogens is 2. The van der Waals surface area contributed by atoms with E-state index in [2.05, 4.69) is 14.9 Å². The van der Waals surface area contributed by atoms with Gasteiger partial charge >= 0.3 is 0 Å². The number of nitrogens with zero attached hydrogens (tertiary/aromatic N) is 3. The average Bonchev–Trinajstić information content (AvgIpc) is 2.39. The van der Waals surface area contributed by atoms with Gasteiger partial charge in [-0.25, -0.2) is 9.97 Å². The van der Waals surface area contributed by atoms with E-state index in [0.717, 1.165) is 38.8 Å². The number of carbonyl (C=O) groups excluding carboxylic acids is 1. The van der Waals surface area contributed by atoms with Gasteiger partial charge in [-0.3, -0.25) is 4.79 Å². The van der Waals surface area contributed by atoms with Gasteiger partial charge in [-0.15, -0.1) is 0 Å². The first kappa shape index (κ1) is 14.2. The fraction of sp³-hybridized carbons (Fsp3) is 0.615. The van der Waals surface area contributed by atoms with Crippen molar-refractivity contribution in [3.8, 4) is 0 Å². The monoisotopic (exact) mass is 283 g/mol. The van der Waals surface area contributed by atoms with E-state index < -0.39 is 0 Å². The number of aldehydes is 1. The molecule has 0 aliphatic carbocycles. The molecule has 0 spiro atoms. The summed E-state index contributed by atoms with van der Waals surface area (Å²) in [6, 6.07) is 0. The Labute approximate surface area is 117 Å². The van der Waals surface area contributed by atoms with Crippen LogP contribution in [0.2, 0.25) is 5.15 Å². The molecule has 1 aromatic rings. The molecule has 1 aliphatic rings. The van der Waals surface area contributed by atoms with E-state index in [4.69, 9.17) is 16.3 Å². The lowest BCUT2D eigenvalue weighted by Crippen LogP contribution is -2.38. The SMILES string of the molecule is CCOC1CCN(c2nc(C)nc(Cl)c2C=O)CC1. The highest BCUT2D eigenvalue weighted by molar-refractivity contribution is 6.32. The van der Waals surface area contributed by atoms with Crippen molar-refractivity contribution in [3.05, 3.63) is 16.5 Å². The smallest absolute Gasteiger partial charge is 0.156 e. The summed E-state index contributed by atoms with van der Waals surface area (Å²) >= 11 is 6.00. The van der Waals surface area contributed by atoms with Crippen molar-refractivity contribution in [1.82, 2.24) is 9.97 Å². The number of hydrogen-bond acceptors (Lipinski definition) is 5. The van der Waals surface area contributed by atoms with Crippen molar-refractivity contribution in [3.63, 3.8) is 0 Å². The molecule has 0 aromatic carbocycles. The predicted molar refractivity (Wildman–Crippen MR) is 74.0 cm³/mol. The number of anilines is 1. The fourth-order valence-corrected chi connectivity index (χ4v) is 2.60. The van der Waals surface area contributed by atoms with Crippen LogP contribution in [0.15, 0.2) is 0 Å². The second-order valence-electron chi connectivity index (χ2n) is 4.56. The molecule has 1 aliphatic heterocycles. The van der Waals surface area contributed by atoms with E-state index in [0.29, 0.717) is 23.3 Å². The summed E-state index contributed by atoms with van der Waals surface area (Å²) in [6.07, 6.45) is 2.91. The standard InChI is InChI=1S/C13H18ClN3O2/c1-3-19-10-4-6-17(7-5-10)13-11(8-18)12(14)15-9(2)16-13/h8,10H,3-7H2,1-2H3. The molecule has 0 radical (unpaired) electrons. The summed E-state index contributed by atoms with van der Waals surface area (Å²) in [5.41, 5.74) is 0.377. The lowest BCUT2D eigenvalue weighted by atomic mass is 10.1. The van der Waals surface area contributed by atoms with Crippen LogP contribution in [0.4, 0.5) is 5.82 Å². The van der Waals surface area contributed by atoms with E-state index in [1.165, 1.54) is 0 Å². The van der Waals surface area contributed by atoms with E-state index >= 15 is 0 Å². The molecule has 0 atom stereocenters. The minimum Gasteiger partial charge on any atom is -0.378 e. The Bertz CT molecular complexity index is 459. The molecule has 0 amide bonds. The summed E-state index contributed by atoms with van der Waals surface area (Å²) in [5.74, 6) is 1.22. The third-order valence-electron chi connectivity index (χ3n) is 3.25. The molecule has 1 fully saturated rings. The molecular weight excluding hydrogens is 266 g/mol. The second-order valence-corrected chi connectivity index (χ2v) is 4.92. The zero-order chi connectivity index (χ0) is 13.8. The zero-order valence-electron chi connectivity index (χ0n) is 11.2. The van der Waals surface area contributed by atoms with Crippen LogP contribution in [-0.4, -0.2) is 42.1 Å². The lowest BCUT2D eigenvalue weighted by Gasteiger charge is -2.33. The second kappa shape index (κ2) is 6.30. The third-order valence-corrected chi connectivity index (χ3v) is 3.54. The van der Waals surface area contributed by atoms with E-state index in [1.807, 2.05) is 6.92 Å². The molecule has 1 saturated heterocycles. The van der Waals surface area contributed by atoms with Crippen LogP contribution in [0, 0.1) is 6.92 Å². The van der Waals surface area contributed by atoms with Crippen molar-refractivity contribution >= 4 is 23.7 Å². The van der Waals surface area contributed by atoms with Crippen LogP contribution in [-0.2, 0) is 4.74 Å². The number of aryl methyl sites for hydroxylation is 1. The third kappa shape index (κ3) is 3.22. The number of carbonyl (C=O) groups is 1. The molecule has 6 heteroatoms. The quantitative estimate of drug-likeness (QED) is 0.627. The van der Waals surface area contributed by atoms with Gasteiger partial charge in [-0.05, 0) is 26.7 Å². The maximum absolute atomic E-state index is 11.2. The van der Waals surface area contributed by atoms with Crippen molar-refractivity contribution < 1.29 is 9.53 Å². The highest BCUT2D eigenvalue weighted by Crippen LogP contribution is 2.26. The van der Waals surface area contributed by atoms with Crippen LogP contribution in [0.25, 0.3) is 0 Å². The molecule has 0 unspecified atom stereocenters. The largest absolute Gasteiger partial charge is 0.378 e. The number of rotatable bonds is 4. The molecule has 19 heavy (non-hydrogen) atoms. The minimum absolute atomic E-state index is 0.226. The molecule has 0 N–H and O–H groups in total. The van der Waals surface area contributed by atoms with Crippen molar-refractivity contribution in [2.75, 3.05) is 24.6 Å². The number of halogens is 1. The van der Waals surface area contributed by atoms with Crippen molar-refractivity contribution in [2.24, 2.45) is 0 Å². The summed E-state index contributed by atoms with van der Waals surface area (Å²) in [6.45, 7) is 6.15. The van der Waals surface area contributed by atoms with Gasteiger partial charge in [0.15, 0.2) is 6.29 Å². The van der Waals surface area contributed by atoms with Crippen LogP contribution < -0.4 is 4.90 Å². The van der Waals surface area contributed by atoms with Gasteiger partial charge in [0.05, 0.1) is 11.7 Å². The van der Waals surface area contributed by atoms with Crippen LogP contribution in [0.1, 0.15) is 35.9 Å². The van der Waals surface area contributed by atoms with E-state index in [9.17, 15) is 4.79 Å². The Kier molecular flexibility index (Phi) is 4.71. The van der Waals surface area contributed by atoms with Gasteiger partial charge in [0.2, 0.25) is 0 Å². The zero-order valence-corrected chi connectivity index (χ0v) is 12.0. The molecule has 0 saturated carbocycles. The highest BCUT2D eigenvalue weighted by atomic mass is 35.5. The Morgan fingerprint density at radius 1 is 1.42 bits per heavy atom. The van der Waals surface area contributed by atoms with Gasteiger partial charge in [0.1, 0.15) is 16.8 Å². The summed E-state index contributed by atoms with van der Waals surface area (Å²) in [5, 5.41) is 0.226. The van der Waals surface area contributed by atoms with Crippen molar-refractivity contribution in [1.29, 1.82) is 0 Å². The van der Waals surface area contributed by atoms with Gasteiger partial charge in [-0.1, -0.05) is 11.6 Å². The first-order valence-corrected chi connectivity index (χ1v) is 6.89. The first-order chi connectivity index (χ1) is 9.15. The number of piperidine rings is 1. The van der Waals surface area contributed by atoms with E-state index in [-0.39, 0.29) is 5.15 Å². The summed E-state index contributed by atoms with van der Waals surface area (Å²) in [7, 11) is 0. The Balaban J connectivity index is 2.17. The molecule has 2 heterocycles. The topological polar surface area (TPSA) is 55.3 Å². The maximum Gasteiger partial charge on any atom is 0.156 e. The number of hydrogen-bond donors (Lipinski definition) is 0. The molecular formula is C13H18ClN3O2. The van der Waals surface area contributed by atoms with Crippen LogP contribution in [0.5, 0.6) is 0 Å². The Morgan fingerprint density at radius 2 is 2.11 bits per heavy atom. The predicted octanol–water partition coefficient (Wildman–Crippen LogP) is 2.26. The Hall–Kier alpha value is -1.20. The fourth-order valence-electron chi connectivity index (χ4n) is 2.35. The molecule has 2 rings (SSSR count). The van der Waals surface area contributed by atoms with Gasteiger partial charge in [0, 0.05) is 19.7 Å². The van der Waals surface area contributed by atoms with Crippen LogP contribution in [0.3, 0.4) is 0 Å².